The number of hydrogen-bond donors (Lipinski definition) is 0. The molecule has 0 N–H and O–H groups in total. The first-order valence-electron chi connectivity index (χ1n) is 12.8. The number of benzene rings is 2. The maximum Gasteiger partial charge on any atom is 0.338 e. The van der Waals surface area contributed by atoms with Crippen LogP contribution in [-0.2, 0) is 14.3 Å². The highest BCUT2D eigenvalue weighted by atomic mass is 32.1. The van der Waals surface area contributed by atoms with Gasteiger partial charge in [0.2, 0.25) is 0 Å². The van der Waals surface area contributed by atoms with Crippen molar-refractivity contribution >= 4 is 29.4 Å². The van der Waals surface area contributed by atoms with Crippen molar-refractivity contribution in [2.45, 2.75) is 33.7 Å². The number of allylic oxidation sites excluding steroid dienone is 1. The van der Waals surface area contributed by atoms with Gasteiger partial charge in [-0.05, 0) is 62.2 Å². The van der Waals surface area contributed by atoms with Gasteiger partial charge in [0.15, 0.2) is 16.3 Å². The van der Waals surface area contributed by atoms with Crippen molar-refractivity contribution in [3.8, 4) is 17.2 Å². The van der Waals surface area contributed by atoms with Crippen LogP contribution in [0.4, 0.5) is 0 Å². The average Bonchev–Trinajstić information content (AvgIpc) is 3.22. The van der Waals surface area contributed by atoms with Gasteiger partial charge in [0.1, 0.15) is 12.4 Å². The highest BCUT2D eigenvalue weighted by molar-refractivity contribution is 7.07. The zero-order chi connectivity index (χ0) is 28.8. The summed E-state index contributed by atoms with van der Waals surface area (Å²) in [5.74, 6) is 0.323. The minimum Gasteiger partial charge on any atom is -0.490 e. The Labute approximate surface area is 235 Å². The van der Waals surface area contributed by atoms with E-state index >= 15 is 0 Å². The molecule has 0 fully saturated rings. The third-order valence-electron chi connectivity index (χ3n) is 5.90. The molecule has 10 heteroatoms. The average molecular weight is 563 g/mol. The van der Waals surface area contributed by atoms with Gasteiger partial charge in [-0.1, -0.05) is 42.2 Å². The van der Waals surface area contributed by atoms with E-state index in [2.05, 4.69) is 11.6 Å². The first kappa shape index (κ1) is 28.6. The minimum absolute atomic E-state index is 0.187. The Hall–Kier alpha value is -4.44. The molecule has 1 aliphatic rings. The summed E-state index contributed by atoms with van der Waals surface area (Å²) in [4.78, 5) is 43.5. The molecule has 2 aromatic carbocycles. The number of esters is 2. The number of carbonyl (C=O) groups is 2. The Balaban J connectivity index is 1.85. The van der Waals surface area contributed by atoms with E-state index in [9.17, 15) is 14.4 Å². The van der Waals surface area contributed by atoms with Gasteiger partial charge in [-0.3, -0.25) is 14.2 Å². The quantitative estimate of drug-likeness (QED) is 0.211. The van der Waals surface area contributed by atoms with Gasteiger partial charge in [-0.2, -0.15) is 0 Å². The summed E-state index contributed by atoms with van der Waals surface area (Å²) in [6.45, 7) is 11.2. The Bertz CT molecular complexity index is 1650. The van der Waals surface area contributed by atoms with Crippen molar-refractivity contribution in [1.82, 2.24) is 4.57 Å². The van der Waals surface area contributed by atoms with Crippen LogP contribution in [0.1, 0.15) is 44.9 Å². The second-order valence-electron chi connectivity index (χ2n) is 8.70. The number of thiazole rings is 1. The number of rotatable bonds is 10. The second kappa shape index (κ2) is 12.6. The summed E-state index contributed by atoms with van der Waals surface area (Å²) >= 11 is 1.21. The van der Waals surface area contributed by atoms with E-state index in [0.717, 1.165) is 0 Å². The van der Waals surface area contributed by atoms with Crippen LogP contribution in [0.15, 0.2) is 76.2 Å². The van der Waals surface area contributed by atoms with Crippen LogP contribution in [0.3, 0.4) is 0 Å². The van der Waals surface area contributed by atoms with Crippen LogP contribution in [-0.4, -0.2) is 36.3 Å². The molecule has 0 saturated heterocycles. The summed E-state index contributed by atoms with van der Waals surface area (Å²) in [5, 5.41) is 0. The fourth-order valence-corrected chi connectivity index (χ4v) is 5.33. The molecule has 40 heavy (non-hydrogen) atoms. The Kier molecular flexibility index (Phi) is 9.00. The summed E-state index contributed by atoms with van der Waals surface area (Å²) in [7, 11) is 0. The zero-order valence-electron chi connectivity index (χ0n) is 22.8. The van der Waals surface area contributed by atoms with E-state index in [1.54, 1.807) is 56.3 Å². The Morgan fingerprint density at radius 2 is 1.82 bits per heavy atom. The van der Waals surface area contributed by atoms with E-state index in [4.69, 9.17) is 18.9 Å². The van der Waals surface area contributed by atoms with Gasteiger partial charge >= 0.3 is 11.9 Å². The van der Waals surface area contributed by atoms with E-state index < -0.39 is 18.0 Å². The molecule has 2 heterocycles. The van der Waals surface area contributed by atoms with Crippen molar-refractivity contribution in [1.29, 1.82) is 0 Å². The van der Waals surface area contributed by atoms with E-state index in [-0.39, 0.29) is 12.2 Å². The summed E-state index contributed by atoms with van der Waals surface area (Å²) in [6.07, 6.45) is 3.37. The maximum atomic E-state index is 13.8. The topological polar surface area (TPSA) is 105 Å². The molecule has 1 atom stereocenters. The molecular weight excluding hydrogens is 532 g/mol. The molecule has 0 amide bonds. The molecule has 4 rings (SSSR count). The third kappa shape index (κ3) is 6.07. The molecule has 1 aromatic heterocycles. The lowest BCUT2D eigenvalue weighted by Crippen LogP contribution is -2.39. The fourth-order valence-electron chi connectivity index (χ4n) is 4.28. The number of nitrogens with zero attached hydrogens (tertiary/aromatic N) is 2. The molecule has 0 radical (unpaired) electrons. The standard InChI is InChI=1S/C30H30N2O7S/c1-6-15-38-22-12-10-21(11-13-22)27-26(29(35)37-8-3)18(4)31-30-32(27)28(34)25(40-30)17-20-9-14-23(39-19(5)33)24(16-20)36-7-2/h6,9-14,16-17,27H,1,7-8,15H2,2-5H3/b25-17-/t27-/m0/s1. The molecule has 9 nitrogen and oxygen atoms in total. The number of fused-ring (bicyclic) bond motifs is 1. The molecule has 3 aromatic rings. The van der Waals surface area contributed by atoms with Crippen LogP contribution in [0.25, 0.3) is 6.08 Å². The largest absolute Gasteiger partial charge is 0.490 e. The lowest BCUT2D eigenvalue weighted by atomic mass is 9.96. The minimum atomic E-state index is -0.740. The molecular formula is C30H30N2O7S. The third-order valence-corrected chi connectivity index (χ3v) is 6.88. The molecule has 0 aliphatic carbocycles. The number of aromatic nitrogens is 1. The zero-order valence-corrected chi connectivity index (χ0v) is 23.6. The molecule has 1 aliphatic heterocycles. The predicted octanol–water partition coefficient (Wildman–Crippen LogP) is 3.69. The first-order valence-corrected chi connectivity index (χ1v) is 13.6. The summed E-state index contributed by atoms with van der Waals surface area (Å²) < 4.78 is 23.8. The van der Waals surface area contributed by atoms with Crippen molar-refractivity contribution < 1.29 is 28.5 Å². The first-order chi connectivity index (χ1) is 19.3. The number of hydrogen-bond acceptors (Lipinski definition) is 9. The molecule has 0 unspecified atom stereocenters. The SMILES string of the molecule is C=CCOc1ccc([C@H]2C(C(=O)OCC)=C(C)N=c3s/c(=C\c4ccc(OC(C)=O)c(OCC)c4)c(=O)n32)cc1. The number of ether oxygens (including phenoxy) is 4. The highest BCUT2D eigenvalue weighted by Gasteiger charge is 2.33. The molecule has 0 saturated carbocycles. The normalized spacial score (nSPS) is 14.7. The summed E-state index contributed by atoms with van der Waals surface area (Å²) in [5.41, 5.74) is 1.85. The Morgan fingerprint density at radius 1 is 1.07 bits per heavy atom. The van der Waals surface area contributed by atoms with Crippen molar-refractivity contribution in [2.75, 3.05) is 19.8 Å². The Morgan fingerprint density at radius 3 is 2.48 bits per heavy atom. The van der Waals surface area contributed by atoms with E-state index in [1.165, 1.54) is 22.8 Å². The van der Waals surface area contributed by atoms with Gasteiger partial charge in [-0.25, -0.2) is 9.79 Å². The lowest BCUT2D eigenvalue weighted by molar-refractivity contribution is -0.139. The second-order valence-corrected chi connectivity index (χ2v) is 9.71. The van der Waals surface area contributed by atoms with Crippen molar-refractivity contribution in [3.63, 3.8) is 0 Å². The van der Waals surface area contributed by atoms with Crippen LogP contribution in [0, 0.1) is 0 Å². The van der Waals surface area contributed by atoms with Crippen LogP contribution in [0.5, 0.6) is 17.2 Å². The fraction of sp³-hybridized carbons (Fsp3) is 0.267. The van der Waals surface area contributed by atoms with Crippen LogP contribution >= 0.6 is 11.3 Å². The van der Waals surface area contributed by atoms with Gasteiger partial charge in [-0.15, -0.1) is 0 Å². The molecule has 0 spiro atoms. The predicted molar refractivity (Wildman–Crippen MR) is 151 cm³/mol. The van der Waals surface area contributed by atoms with E-state index in [0.29, 0.717) is 62.2 Å². The number of carbonyl (C=O) groups excluding carboxylic acids is 2. The van der Waals surface area contributed by atoms with Gasteiger partial charge in [0.05, 0.1) is 35.1 Å². The van der Waals surface area contributed by atoms with Gasteiger partial charge in [0.25, 0.3) is 5.56 Å². The van der Waals surface area contributed by atoms with Gasteiger partial charge in [0, 0.05) is 6.92 Å². The van der Waals surface area contributed by atoms with Crippen LogP contribution < -0.4 is 29.1 Å². The monoisotopic (exact) mass is 562 g/mol. The summed E-state index contributed by atoms with van der Waals surface area (Å²) in [6, 6.07) is 11.5. The van der Waals surface area contributed by atoms with E-state index in [1.807, 2.05) is 19.1 Å². The van der Waals surface area contributed by atoms with Crippen molar-refractivity contribution in [3.05, 3.63) is 97.2 Å². The highest BCUT2D eigenvalue weighted by Crippen LogP contribution is 2.32. The van der Waals surface area contributed by atoms with Gasteiger partial charge < -0.3 is 18.9 Å². The van der Waals surface area contributed by atoms with Crippen LogP contribution in [0.2, 0.25) is 0 Å². The maximum absolute atomic E-state index is 13.8. The van der Waals surface area contributed by atoms with Crippen molar-refractivity contribution in [2.24, 2.45) is 4.99 Å². The smallest absolute Gasteiger partial charge is 0.338 e. The molecule has 208 valence electrons. The molecule has 0 bridgehead atoms. The lowest BCUT2D eigenvalue weighted by Gasteiger charge is -2.24.